The van der Waals surface area contributed by atoms with Gasteiger partial charge in [0.15, 0.2) is 0 Å². The van der Waals surface area contributed by atoms with Crippen LogP contribution in [0.5, 0.6) is 0 Å². The number of aromatic nitrogens is 1. The summed E-state index contributed by atoms with van der Waals surface area (Å²) < 4.78 is 0. The third-order valence-corrected chi connectivity index (χ3v) is 4.07. The molecule has 0 saturated carbocycles. The van der Waals surface area contributed by atoms with Crippen LogP contribution in [0.2, 0.25) is 0 Å². The molecular formula is C11H20N2S. The SMILES string of the molecule is CCC(c1nc(C)c(C)s1)C(C)NC. The van der Waals surface area contributed by atoms with Crippen LogP contribution in [0.3, 0.4) is 0 Å². The van der Waals surface area contributed by atoms with E-state index in [1.807, 2.05) is 18.4 Å². The lowest BCUT2D eigenvalue weighted by Gasteiger charge is -2.19. The molecule has 2 atom stereocenters. The Morgan fingerprint density at radius 1 is 1.43 bits per heavy atom. The Balaban J connectivity index is 2.89. The Morgan fingerprint density at radius 2 is 2.07 bits per heavy atom. The number of aryl methyl sites for hydroxylation is 2. The average molecular weight is 212 g/mol. The molecule has 0 radical (unpaired) electrons. The minimum absolute atomic E-state index is 0.505. The van der Waals surface area contributed by atoms with Gasteiger partial charge in [0.25, 0.3) is 0 Å². The molecule has 0 bridgehead atoms. The van der Waals surface area contributed by atoms with E-state index in [9.17, 15) is 0 Å². The van der Waals surface area contributed by atoms with E-state index in [4.69, 9.17) is 0 Å². The molecule has 0 aromatic carbocycles. The largest absolute Gasteiger partial charge is 0.317 e. The van der Waals surface area contributed by atoms with Crippen molar-refractivity contribution in [2.24, 2.45) is 0 Å². The second-order valence-corrected chi connectivity index (χ2v) is 5.02. The molecule has 0 spiro atoms. The van der Waals surface area contributed by atoms with Gasteiger partial charge in [-0.2, -0.15) is 0 Å². The van der Waals surface area contributed by atoms with E-state index < -0.39 is 0 Å². The Kier molecular flexibility index (Phi) is 4.08. The van der Waals surface area contributed by atoms with Crippen molar-refractivity contribution in [3.63, 3.8) is 0 Å². The fourth-order valence-corrected chi connectivity index (χ4v) is 2.81. The zero-order valence-corrected chi connectivity index (χ0v) is 10.5. The van der Waals surface area contributed by atoms with Crippen LogP contribution in [0.1, 0.15) is 41.8 Å². The summed E-state index contributed by atoms with van der Waals surface area (Å²) in [7, 11) is 2.01. The maximum absolute atomic E-state index is 4.63. The van der Waals surface area contributed by atoms with E-state index in [1.54, 1.807) is 0 Å². The summed E-state index contributed by atoms with van der Waals surface area (Å²) in [6.45, 7) is 8.68. The van der Waals surface area contributed by atoms with Gasteiger partial charge in [0.2, 0.25) is 0 Å². The molecule has 0 saturated heterocycles. The van der Waals surface area contributed by atoms with Crippen molar-refractivity contribution < 1.29 is 0 Å². The van der Waals surface area contributed by atoms with Gasteiger partial charge < -0.3 is 5.32 Å². The standard InChI is InChI=1S/C11H20N2S/c1-6-10(8(3)12-5)11-13-7(2)9(4)14-11/h8,10,12H,6H2,1-5H3. The van der Waals surface area contributed by atoms with E-state index >= 15 is 0 Å². The second kappa shape index (κ2) is 4.89. The van der Waals surface area contributed by atoms with Gasteiger partial charge in [-0.3, -0.25) is 0 Å². The molecule has 0 aliphatic heterocycles. The van der Waals surface area contributed by atoms with Crippen LogP contribution >= 0.6 is 11.3 Å². The first kappa shape index (κ1) is 11.7. The Bertz CT molecular complexity index is 274. The van der Waals surface area contributed by atoms with Gasteiger partial charge in [-0.15, -0.1) is 11.3 Å². The molecule has 2 unspecified atom stereocenters. The van der Waals surface area contributed by atoms with E-state index in [2.05, 4.69) is 38.0 Å². The van der Waals surface area contributed by atoms with Crippen LogP contribution in [-0.4, -0.2) is 18.1 Å². The molecule has 14 heavy (non-hydrogen) atoms. The predicted octanol–water partition coefficient (Wildman–Crippen LogP) is 2.86. The Labute approximate surface area is 90.8 Å². The van der Waals surface area contributed by atoms with E-state index in [0.717, 1.165) is 6.42 Å². The summed E-state index contributed by atoms with van der Waals surface area (Å²) >= 11 is 1.84. The van der Waals surface area contributed by atoms with Crippen LogP contribution in [0.15, 0.2) is 0 Å². The number of nitrogens with zero attached hydrogens (tertiary/aromatic N) is 1. The summed E-state index contributed by atoms with van der Waals surface area (Å²) in [6.07, 6.45) is 1.15. The van der Waals surface area contributed by atoms with Gasteiger partial charge in [-0.1, -0.05) is 6.92 Å². The van der Waals surface area contributed by atoms with Crippen molar-refractivity contribution in [3.8, 4) is 0 Å². The number of hydrogen-bond acceptors (Lipinski definition) is 3. The highest BCUT2D eigenvalue weighted by atomic mass is 32.1. The van der Waals surface area contributed by atoms with E-state index in [1.165, 1.54) is 15.6 Å². The van der Waals surface area contributed by atoms with Crippen LogP contribution < -0.4 is 5.32 Å². The molecule has 1 heterocycles. The zero-order valence-electron chi connectivity index (χ0n) is 9.72. The van der Waals surface area contributed by atoms with Crippen molar-refractivity contribution >= 4 is 11.3 Å². The van der Waals surface area contributed by atoms with Gasteiger partial charge >= 0.3 is 0 Å². The molecule has 0 aliphatic rings. The molecule has 1 aromatic heterocycles. The summed E-state index contributed by atoms with van der Waals surface area (Å²) in [5.41, 5.74) is 1.19. The van der Waals surface area contributed by atoms with Crippen LogP contribution in [0.25, 0.3) is 0 Å². The molecule has 0 fully saturated rings. The number of rotatable bonds is 4. The number of nitrogens with one attached hydrogen (secondary N) is 1. The first-order chi connectivity index (χ1) is 6.60. The lowest BCUT2D eigenvalue weighted by atomic mass is 9.99. The summed E-state index contributed by atoms with van der Waals surface area (Å²) in [6, 6.07) is 0.505. The summed E-state index contributed by atoms with van der Waals surface area (Å²) in [5, 5.41) is 4.59. The minimum atomic E-state index is 0.505. The third-order valence-electron chi connectivity index (χ3n) is 2.86. The first-order valence-corrected chi connectivity index (χ1v) is 6.03. The summed E-state index contributed by atoms with van der Waals surface area (Å²) in [5.74, 6) is 0.553. The highest BCUT2D eigenvalue weighted by Crippen LogP contribution is 2.28. The highest BCUT2D eigenvalue weighted by Gasteiger charge is 2.19. The number of likely N-dealkylation sites (N-methyl/N-ethyl adjacent to an activating group) is 1. The monoisotopic (exact) mass is 212 g/mol. The Hall–Kier alpha value is -0.410. The molecule has 0 aliphatic carbocycles. The normalized spacial score (nSPS) is 15.5. The van der Waals surface area contributed by atoms with Crippen LogP contribution in [0.4, 0.5) is 0 Å². The Morgan fingerprint density at radius 3 is 2.43 bits per heavy atom. The highest BCUT2D eigenvalue weighted by molar-refractivity contribution is 7.11. The fourth-order valence-electron chi connectivity index (χ4n) is 1.60. The van der Waals surface area contributed by atoms with Gasteiger partial charge in [0.1, 0.15) is 0 Å². The molecular weight excluding hydrogens is 192 g/mol. The van der Waals surface area contributed by atoms with Gasteiger partial charge in [-0.25, -0.2) is 4.98 Å². The van der Waals surface area contributed by atoms with Gasteiger partial charge in [0, 0.05) is 16.8 Å². The lowest BCUT2D eigenvalue weighted by molar-refractivity contribution is 0.481. The second-order valence-electron chi connectivity index (χ2n) is 3.79. The molecule has 0 amide bonds. The molecule has 80 valence electrons. The smallest absolute Gasteiger partial charge is 0.0977 e. The molecule has 1 N–H and O–H groups in total. The molecule has 1 aromatic rings. The fraction of sp³-hybridized carbons (Fsp3) is 0.727. The molecule has 1 rings (SSSR count). The van der Waals surface area contributed by atoms with Crippen molar-refractivity contribution in [3.05, 3.63) is 15.6 Å². The lowest BCUT2D eigenvalue weighted by Crippen LogP contribution is -2.28. The third kappa shape index (κ3) is 2.34. The quantitative estimate of drug-likeness (QED) is 0.830. The number of hydrogen-bond donors (Lipinski definition) is 1. The first-order valence-electron chi connectivity index (χ1n) is 5.21. The van der Waals surface area contributed by atoms with Crippen molar-refractivity contribution in [2.75, 3.05) is 7.05 Å². The average Bonchev–Trinajstić information content (AvgIpc) is 2.48. The van der Waals surface area contributed by atoms with E-state index in [0.29, 0.717) is 12.0 Å². The zero-order chi connectivity index (χ0) is 10.7. The topological polar surface area (TPSA) is 24.9 Å². The van der Waals surface area contributed by atoms with Crippen molar-refractivity contribution in [2.45, 2.75) is 46.1 Å². The van der Waals surface area contributed by atoms with Crippen LogP contribution in [0, 0.1) is 13.8 Å². The van der Waals surface area contributed by atoms with Crippen molar-refractivity contribution in [1.82, 2.24) is 10.3 Å². The van der Waals surface area contributed by atoms with Gasteiger partial charge in [0.05, 0.1) is 10.7 Å². The van der Waals surface area contributed by atoms with Crippen molar-refractivity contribution in [1.29, 1.82) is 0 Å². The van der Waals surface area contributed by atoms with E-state index in [-0.39, 0.29) is 0 Å². The molecule has 2 nitrogen and oxygen atoms in total. The molecule has 3 heteroatoms. The maximum Gasteiger partial charge on any atom is 0.0977 e. The predicted molar refractivity (Wildman–Crippen MR) is 63.1 cm³/mol. The number of thiazole rings is 1. The maximum atomic E-state index is 4.63. The van der Waals surface area contributed by atoms with Crippen LogP contribution in [-0.2, 0) is 0 Å². The van der Waals surface area contributed by atoms with Gasteiger partial charge in [-0.05, 0) is 34.2 Å². The minimum Gasteiger partial charge on any atom is -0.317 e. The summed E-state index contributed by atoms with van der Waals surface area (Å²) in [4.78, 5) is 5.98.